The van der Waals surface area contributed by atoms with Crippen LogP contribution in [0.2, 0.25) is 5.02 Å². The van der Waals surface area contributed by atoms with E-state index in [0.29, 0.717) is 48.1 Å². The van der Waals surface area contributed by atoms with E-state index in [1.54, 1.807) is 41.2 Å². The molecule has 5 nitrogen and oxygen atoms in total. The molecule has 0 radical (unpaired) electrons. The Kier molecular flexibility index (Phi) is 5.47. The van der Waals surface area contributed by atoms with E-state index in [1.807, 2.05) is 25.1 Å². The largest absolute Gasteiger partial charge is 0.496 e. The molecule has 2 aromatic carbocycles. The summed E-state index contributed by atoms with van der Waals surface area (Å²) in [7, 11) is 1.55. The van der Waals surface area contributed by atoms with Gasteiger partial charge in [-0.05, 0) is 36.8 Å². The van der Waals surface area contributed by atoms with Crippen molar-refractivity contribution in [3.8, 4) is 5.75 Å². The van der Waals surface area contributed by atoms with Crippen molar-refractivity contribution in [2.45, 2.75) is 6.92 Å². The van der Waals surface area contributed by atoms with Gasteiger partial charge in [0.15, 0.2) is 0 Å². The van der Waals surface area contributed by atoms with Gasteiger partial charge in [0.1, 0.15) is 5.75 Å². The van der Waals surface area contributed by atoms with E-state index in [4.69, 9.17) is 16.3 Å². The average Bonchev–Trinajstić information content (AvgIpc) is 2.67. The minimum atomic E-state index is -0.126. The lowest BCUT2D eigenvalue weighted by atomic mass is 10.1. The second kappa shape index (κ2) is 7.79. The zero-order valence-electron chi connectivity index (χ0n) is 14.9. The van der Waals surface area contributed by atoms with E-state index < -0.39 is 0 Å². The van der Waals surface area contributed by atoms with Gasteiger partial charge in [0.05, 0.1) is 12.7 Å². The van der Waals surface area contributed by atoms with Gasteiger partial charge in [-0.15, -0.1) is 0 Å². The summed E-state index contributed by atoms with van der Waals surface area (Å²) in [5, 5.41) is 0.504. The van der Waals surface area contributed by atoms with Crippen molar-refractivity contribution in [3.05, 3.63) is 64.2 Å². The number of carbonyl (C=O) groups excluding carboxylic acids is 2. The molecule has 2 amide bonds. The summed E-state index contributed by atoms with van der Waals surface area (Å²) in [6.07, 6.45) is 0. The molecule has 1 heterocycles. The normalized spacial score (nSPS) is 14.3. The second-order valence-electron chi connectivity index (χ2n) is 6.25. The maximum Gasteiger partial charge on any atom is 0.257 e. The van der Waals surface area contributed by atoms with Crippen molar-refractivity contribution in [3.63, 3.8) is 0 Å². The Morgan fingerprint density at radius 3 is 2.12 bits per heavy atom. The standard InChI is InChI=1S/C20H21ClN2O3/c1-14-12-16(21)13-17(18(14)26-2)20(25)23-10-8-22(9-11-23)19(24)15-6-4-3-5-7-15/h3-7,12-13H,8-11H2,1-2H3. The fourth-order valence-electron chi connectivity index (χ4n) is 3.21. The second-order valence-corrected chi connectivity index (χ2v) is 6.69. The van der Waals surface area contributed by atoms with Crippen LogP contribution >= 0.6 is 11.6 Å². The Balaban J connectivity index is 1.71. The smallest absolute Gasteiger partial charge is 0.257 e. The van der Waals surface area contributed by atoms with Gasteiger partial charge in [0, 0.05) is 36.8 Å². The summed E-state index contributed by atoms with van der Waals surface area (Å²) >= 11 is 6.12. The van der Waals surface area contributed by atoms with Crippen LogP contribution in [0.3, 0.4) is 0 Å². The summed E-state index contributed by atoms with van der Waals surface area (Å²) in [5.74, 6) is 0.412. The van der Waals surface area contributed by atoms with Gasteiger partial charge in [0.2, 0.25) is 0 Å². The zero-order valence-corrected chi connectivity index (χ0v) is 15.6. The molecular weight excluding hydrogens is 352 g/mol. The summed E-state index contributed by atoms with van der Waals surface area (Å²) < 4.78 is 5.39. The van der Waals surface area contributed by atoms with E-state index in [9.17, 15) is 9.59 Å². The van der Waals surface area contributed by atoms with Gasteiger partial charge in [0.25, 0.3) is 11.8 Å². The molecule has 3 rings (SSSR count). The number of hydrogen-bond acceptors (Lipinski definition) is 3. The van der Waals surface area contributed by atoms with Gasteiger partial charge in [-0.1, -0.05) is 29.8 Å². The van der Waals surface area contributed by atoms with Crippen molar-refractivity contribution >= 4 is 23.4 Å². The first-order chi connectivity index (χ1) is 12.5. The molecule has 0 spiro atoms. The lowest BCUT2D eigenvalue weighted by Gasteiger charge is -2.35. The molecule has 1 saturated heterocycles. The maximum atomic E-state index is 12.9. The van der Waals surface area contributed by atoms with Crippen LogP contribution in [-0.2, 0) is 0 Å². The van der Waals surface area contributed by atoms with E-state index in [0.717, 1.165) is 5.56 Å². The number of ether oxygens (including phenoxy) is 1. The fourth-order valence-corrected chi connectivity index (χ4v) is 3.48. The average molecular weight is 373 g/mol. The third-order valence-corrected chi connectivity index (χ3v) is 4.77. The maximum absolute atomic E-state index is 12.9. The van der Waals surface area contributed by atoms with Gasteiger partial charge in [-0.3, -0.25) is 9.59 Å². The SMILES string of the molecule is COc1c(C)cc(Cl)cc1C(=O)N1CCN(C(=O)c2ccccc2)CC1. The molecular formula is C20H21ClN2O3. The molecule has 26 heavy (non-hydrogen) atoms. The monoisotopic (exact) mass is 372 g/mol. The van der Waals surface area contributed by atoms with E-state index in [-0.39, 0.29) is 11.8 Å². The molecule has 1 aliphatic rings. The fraction of sp³-hybridized carbons (Fsp3) is 0.300. The molecule has 0 unspecified atom stereocenters. The molecule has 0 N–H and O–H groups in total. The van der Waals surface area contributed by atoms with E-state index in [2.05, 4.69) is 0 Å². The quantitative estimate of drug-likeness (QED) is 0.831. The molecule has 1 fully saturated rings. The number of amides is 2. The highest BCUT2D eigenvalue weighted by atomic mass is 35.5. The number of benzene rings is 2. The van der Waals surface area contributed by atoms with Crippen molar-refractivity contribution in [2.75, 3.05) is 33.3 Å². The van der Waals surface area contributed by atoms with Crippen LogP contribution in [-0.4, -0.2) is 54.9 Å². The summed E-state index contributed by atoms with van der Waals surface area (Å²) in [6.45, 7) is 3.82. The van der Waals surface area contributed by atoms with Crippen LogP contribution in [0.15, 0.2) is 42.5 Å². The number of methoxy groups -OCH3 is 1. The molecule has 136 valence electrons. The van der Waals surface area contributed by atoms with Gasteiger partial charge < -0.3 is 14.5 Å². The number of nitrogens with zero attached hydrogens (tertiary/aromatic N) is 2. The molecule has 0 bridgehead atoms. The molecule has 1 aliphatic heterocycles. The first-order valence-electron chi connectivity index (χ1n) is 8.49. The molecule has 0 atom stereocenters. The minimum Gasteiger partial charge on any atom is -0.496 e. The number of piperazine rings is 1. The predicted molar refractivity (Wildman–Crippen MR) is 101 cm³/mol. The zero-order chi connectivity index (χ0) is 18.7. The van der Waals surface area contributed by atoms with E-state index >= 15 is 0 Å². The van der Waals surface area contributed by atoms with E-state index in [1.165, 1.54) is 0 Å². The lowest BCUT2D eigenvalue weighted by molar-refractivity contribution is 0.0533. The van der Waals surface area contributed by atoms with Crippen LogP contribution < -0.4 is 4.74 Å². The molecule has 6 heteroatoms. The van der Waals surface area contributed by atoms with Crippen molar-refractivity contribution in [1.82, 2.24) is 9.80 Å². The summed E-state index contributed by atoms with van der Waals surface area (Å²) in [4.78, 5) is 29.0. The van der Waals surface area contributed by atoms with Crippen LogP contribution in [0.4, 0.5) is 0 Å². The minimum absolute atomic E-state index is 0.00567. The first kappa shape index (κ1) is 18.3. The number of aryl methyl sites for hydroxylation is 1. The van der Waals surface area contributed by atoms with Crippen LogP contribution in [0, 0.1) is 6.92 Å². The number of carbonyl (C=O) groups is 2. The Morgan fingerprint density at radius 1 is 0.962 bits per heavy atom. The number of hydrogen-bond donors (Lipinski definition) is 0. The van der Waals surface area contributed by atoms with Crippen molar-refractivity contribution in [2.24, 2.45) is 0 Å². The van der Waals surface area contributed by atoms with Crippen LogP contribution in [0.25, 0.3) is 0 Å². The lowest BCUT2D eigenvalue weighted by Crippen LogP contribution is -2.50. The summed E-state index contributed by atoms with van der Waals surface area (Å²) in [6, 6.07) is 12.6. The first-order valence-corrected chi connectivity index (χ1v) is 8.87. The van der Waals surface area contributed by atoms with Gasteiger partial charge in [-0.25, -0.2) is 0 Å². The van der Waals surface area contributed by atoms with Crippen LogP contribution in [0.1, 0.15) is 26.3 Å². The Morgan fingerprint density at radius 2 is 1.54 bits per heavy atom. The number of halogens is 1. The molecule has 0 aliphatic carbocycles. The Labute approximate surface area is 158 Å². The summed E-state index contributed by atoms with van der Waals surface area (Å²) in [5.41, 5.74) is 1.95. The van der Waals surface area contributed by atoms with Gasteiger partial charge >= 0.3 is 0 Å². The third kappa shape index (κ3) is 3.68. The highest BCUT2D eigenvalue weighted by Gasteiger charge is 2.27. The topological polar surface area (TPSA) is 49.9 Å². The highest BCUT2D eigenvalue weighted by molar-refractivity contribution is 6.31. The Hall–Kier alpha value is -2.53. The molecule has 0 saturated carbocycles. The Bertz CT molecular complexity index is 815. The highest BCUT2D eigenvalue weighted by Crippen LogP contribution is 2.29. The van der Waals surface area contributed by atoms with Crippen molar-refractivity contribution < 1.29 is 14.3 Å². The number of rotatable bonds is 3. The molecule has 2 aromatic rings. The van der Waals surface area contributed by atoms with Crippen molar-refractivity contribution in [1.29, 1.82) is 0 Å². The molecule has 0 aromatic heterocycles. The predicted octanol–water partition coefficient (Wildman–Crippen LogP) is 3.26. The third-order valence-electron chi connectivity index (χ3n) is 4.55. The van der Waals surface area contributed by atoms with Crippen LogP contribution in [0.5, 0.6) is 5.75 Å². The van der Waals surface area contributed by atoms with Gasteiger partial charge in [-0.2, -0.15) is 0 Å².